The summed E-state index contributed by atoms with van der Waals surface area (Å²) in [5, 5.41) is 24.2. The van der Waals surface area contributed by atoms with E-state index < -0.39 is 28.6 Å². The van der Waals surface area contributed by atoms with E-state index in [1.807, 2.05) is 0 Å². The molecule has 0 aliphatic carbocycles. The summed E-state index contributed by atoms with van der Waals surface area (Å²) in [5.41, 5.74) is -2.00. The molecule has 0 aromatic heterocycles. The van der Waals surface area contributed by atoms with Crippen LogP contribution in [-0.2, 0) is 10.4 Å². The molecule has 1 unspecified atom stereocenters. The number of hydrogen-bond acceptors (Lipinski definition) is 6. The van der Waals surface area contributed by atoms with Gasteiger partial charge in [-0.25, -0.2) is 0 Å². The molecule has 0 saturated carbocycles. The van der Waals surface area contributed by atoms with Crippen LogP contribution in [0.5, 0.6) is 5.75 Å². The molecule has 0 bridgehead atoms. The first-order chi connectivity index (χ1) is 11.9. The van der Waals surface area contributed by atoms with Crippen molar-refractivity contribution in [2.75, 3.05) is 12.4 Å². The zero-order valence-corrected chi connectivity index (χ0v) is 13.2. The molecule has 0 spiro atoms. The summed E-state index contributed by atoms with van der Waals surface area (Å²) in [4.78, 5) is 35.2. The van der Waals surface area contributed by atoms with E-state index in [0.29, 0.717) is 5.75 Å². The molecule has 8 heteroatoms. The lowest BCUT2D eigenvalue weighted by atomic mass is 9.87. The number of aliphatic hydroxyl groups is 1. The zero-order chi connectivity index (χ0) is 18.2. The molecule has 0 saturated heterocycles. The summed E-state index contributed by atoms with van der Waals surface area (Å²) < 4.78 is 5.12. The van der Waals surface area contributed by atoms with Crippen molar-refractivity contribution < 1.29 is 24.4 Å². The minimum Gasteiger partial charge on any atom is -0.496 e. The Hall–Kier alpha value is -3.26. The normalized spacial score (nSPS) is 18.4. The Bertz CT molecular complexity index is 894. The number of Topliss-reactive ketones (excluding diaryl/α,β-unsaturated/α-hetero) is 1. The third-order valence-electron chi connectivity index (χ3n) is 4.11. The van der Waals surface area contributed by atoms with Gasteiger partial charge in [0.25, 0.3) is 11.6 Å². The van der Waals surface area contributed by atoms with Gasteiger partial charge in [0.05, 0.1) is 24.0 Å². The van der Waals surface area contributed by atoms with Crippen LogP contribution in [0.4, 0.5) is 11.4 Å². The number of hydrogen-bond donors (Lipinski definition) is 2. The first-order valence-corrected chi connectivity index (χ1v) is 7.36. The highest BCUT2D eigenvalue weighted by Crippen LogP contribution is 2.41. The fourth-order valence-corrected chi connectivity index (χ4v) is 2.82. The van der Waals surface area contributed by atoms with Crippen molar-refractivity contribution in [3.05, 3.63) is 63.7 Å². The number of carbonyl (C=O) groups excluding carboxylic acids is 2. The van der Waals surface area contributed by atoms with Crippen LogP contribution in [-0.4, -0.2) is 28.8 Å². The van der Waals surface area contributed by atoms with Crippen molar-refractivity contribution in [3.63, 3.8) is 0 Å². The number of nitrogens with zero attached hydrogens (tertiary/aromatic N) is 1. The number of carbonyl (C=O) groups is 2. The van der Waals surface area contributed by atoms with E-state index in [2.05, 4.69) is 5.32 Å². The van der Waals surface area contributed by atoms with Gasteiger partial charge in [0.2, 0.25) is 0 Å². The molecule has 2 N–H and O–H groups in total. The molecule has 1 aliphatic rings. The average molecular weight is 342 g/mol. The first-order valence-electron chi connectivity index (χ1n) is 7.36. The number of benzene rings is 2. The number of non-ortho nitro benzene ring substituents is 1. The molecule has 128 valence electrons. The predicted molar refractivity (Wildman–Crippen MR) is 87.6 cm³/mol. The molecule has 3 rings (SSSR count). The number of nitro benzene ring substituents is 1. The van der Waals surface area contributed by atoms with Gasteiger partial charge in [0, 0.05) is 23.4 Å². The number of ketones is 1. The summed E-state index contributed by atoms with van der Waals surface area (Å²) >= 11 is 0. The van der Waals surface area contributed by atoms with Crippen molar-refractivity contribution in [3.8, 4) is 5.75 Å². The second-order valence-electron chi connectivity index (χ2n) is 5.60. The van der Waals surface area contributed by atoms with Gasteiger partial charge < -0.3 is 15.2 Å². The minimum absolute atomic E-state index is 0.00921. The Kier molecular flexibility index (Phi) is 3.97. The van der Waals surface area contributed by atoms with Crippen LogP contribution in [0.1, 0.15) is 22.3 Å². The summed E-state index contributed by atoms with van der Waals surface area (Å²) in [7, 11) is 1.40. The topological polar surface area (TPSA) is 119 Å². The maximum atomic E-state index is 12.6. The van der Waals surface area contributed by atoms with Crippen LogP contribution >= 0.6 is 0 Å². The van der Waals surface area contributed by atoms with E-state index in [1.54, 1.807) is 18.2 Å². The largest absolute Gasteiger partial charge is 0.496 e. The fraction of sp³-hybridized carbons (Fsp3) is 0.176. The highest BCUT2D eigenvalue weighted by Gasteiger charge is 2.47. The summed E-state index contributed by atoms with van der Waals surface area (Å²) in [6, 6.07) is 10.1. The van der Waals surface area contributed by atoms with Crippen LogP contribution in [0.15, 0.2) is 42.5 Å². The van der Waals surface area contributed by atoms with Gasteiger partial charge in [0.15, 0.2) is 11.4 Å². The Balaban J connectivity index is 2.00. The van der Waals surface area contributed by atoms with E-state index in [0.717, 1.165) is 6.07 Å². The minimum atomic E-state index is -2.18. The predicted octanol–water partition coefficient (Wildman–Crippen LogP) is 2.02. The van der Waals surface area contributed by atoms with Crippen molar-refractivity contribution >= 4 is 23.1 Å². The van der Waals surface area contributed by atoms with Gasteiger partial charge in [-0.15, -0.1) is 0 Å². The summed E-state index contributed by atoms with van der Waals surface area (Å²) in [6.07, 6.45) is -0.562. The van der Waals surface area contributed by atoms with Crippen LogP contribution in [0.3, 0.4) is 0 Å². The number of amides is 1. The second-order valence-corrected chi connectivity index (χ2v) is 5.60. The maximum Gasteiger partial charge on any atom is 0.269 e. The van der Waals surface area contributed by atoms with Gasteiger partial charge in [0.1, 0.15) is 5.75 Å². The van der Waals surface area contributed by atoms with Crippen LogP contribution < -0.4 is 10.1 Å². The molecule has 1 atom stereocenters. The third-order valence-corrected chi connectivity index (χ3v) is 4.11. The highest BCUT2D eigenvalue weighted by molar-refractivity contribution is 6.10. The third kappa shape index (κ3) is 2.72. The molecular formula is C17H14N2O6. The first kappa shape index (κ1) is 16.6. The molecule has 1 amide bonds. The van der Waals surface area contributed by atoms with Crippen molar-refractivity contribution in [2.24, 2.45) is 0 Å². The second kappa shape index (κ2) is 5.99. The Labute approximate surface area is 142 Å². The quantitative estimate of drug-likeness (QED) is 0.487. The van der Waals surface area contributed by atoms with E-state index in [-0.39, 0.29) is 22.5 Å². The van der Waals surface area contributed by atoms with Gasteiger partial charge in [-0.05, 0) is 18.2 Å². The van der Waals surface area contributed by atoms with Gasteiger partial charge in [-0.2, -0.15) is 0 Å². The van der Waals surface area contributed by atoms with E-state index in [4.69, 9.17) is 4.74 Å². The number of para-hydroxylation sites is 1. The molecule has 1 aliphatic heterocycles. The van der Waals surface area contributed by atoms with Gasteiger partial charge >= 0.3 is 0 Å². The molecule has 2 aromatic carbocycles. The summed E-state index contributed by atoms with van der Waals surface area (Å²) in [6.45, 7) is 0. The van der Waals surface area contributed by atoms with E-state index in [1.165, 1.54) is 25.3 Å². The fourth-order valence-electron chi connectivity index (χ4n) is 2.82. The Morgan fingerprint density at radius 1 is 1.32 bits per heavy atom. The van der Waals surface area contributed by atoms with Crippen LogP contribution in [0.25, 0.3) is 0 Å². The summed E-state index contributed by atoms with van der Waals surface area (Å²) in [5.74, 6) is -1.01. The molecule has 8 nitrogen and oxygen atoms in total. The average Bonchev–Trinajstić information content (AvgIpc) is 2.85. The Morgan fingerprint density at radius 3 is 2.72 bits per heavy atom. The van der Waals surface area contributed by atoms with Crippen molar-refractivity contribution in [1.82, 2.24) is 0 Å². The van der Waals surface area contributed by atoms with E-state index in [9.17, 15) is 24.8 Å². The zero-order valence-electron chi connectivity index (χ0n) is 13.2. The number of ether oxygens (including phenoxy) is 1. The van der Waals surface area contributed by atoms with Crippen LogP contribution in [0.2, 0.25) is 0 Å². The van der Waals surface area contributed by atoms with Crippen LogP contribution in [0, 0.1) is 10.1 Å². The molecule has 25 heavy (non-hydrogen) atoms. The van der Waals surface area contributed by atoms with Gasteiger partial charge in [-0.3, -0.25) is 19.7 Å². The molecule has 0 fully saturated rings. The molecule has 1 heterocycles. The number of anilines is 1. The molecule has 0 radical (unpaired) electrons. The Morgan fingerprint density at radius 2 is 2.04 bits per heavy atom. The monoisotopic (exact) mass is 342 g/mol. The van der Waals surface area contributed by atoms with Crippen molar-refractivity contribution in [2.45, 2.75) is 12.0 Å². The van der Waals surface area contributed by atoms with Crippen molar-refractivity contribution in [1.29, 1.82) is 0 Å². The number of fused-ring (bicyclic) bond motifs is 1. The number of rotatable bonds is 5. The molecule has 2 aromatic rings. The maximum absolute atomic E-state index is 12.6. The van der Waals surface area contributed by atoms with E-state index >= 15 is 0 Å². The van der Waals surface area contributed by atoms with Gasteiger partial charge in [-0.1, -0.05) is 12.1 Å². The lowest BCUT2D eigenvalue weighted by Crippen LogP contribution is -2.36. The number of methoxy groups -OCH3 is 1. The lowest BCUT2D eigenvalue weighted by molar-refractivity contribution is -0.385. The highest BCUT2D eigenvalue weighted by atomic mass is 16.6. The lowest BCUT2D eigenvalue weighted by Gasteiger charge is -2.20. The standard InChI is InChI=1S/C17H14N2O6/c1-25-15-5-3-2-4-11(15)14(20)9-17(22)12-8-10(19(23)24)6-7-13(12)18-16(17)21/h2-8,22H,9H2,1H3,(H,18,21). The molecular weight excluding hydrogens is 328 g/mol. The number of nitro groups is 1. The smallest absolute Gasteiger partial charge is 0.269 e. The number of nitrogens with one attached hydrogen (secondary N) is 1. The SMILES string of the molecule is COc1ccccc1C(=O)CC1(O)C(=O)Nc2ccc([N+](=O)[O-])cc21.